The van der Waals surface area contributed by atoms with E-state index in [9.17, 15) is 0 Å². The van der Waals surface area contributed by atoms with Crippen LogP contribution in [0.2, 0.25) is 0 Å². The molecule has 0 spiro atoms. The molecule has 2 heterocycles. The summed E-state index contributed by atoms with van der Waals surface area (Å²) in [7, 11) is 0. The molecule has 4 nitrogen and oxygen atoms in total. The maximum atomic E-state index is 6.28. The van der Waals surface area contributed by atoms with E-state index in [0.29, 0.717) is 5.89 Å². The molecule has 8 rings (SSSR count). The van der Waals surface area contributed by atoms with E-state index in [2.05, 4.69) is 119 Å². The third kappa shape index (κ3) is 4.12. The van der Waals surface area contributed by atoms with Crippen molar-refractivity contribution in [3.05, 3.63) is 145 Å². The van der Waals surface area contributed by atoms with Crippen LogP contribution in [0.3, 0.4) is 0 Å². The van der Waals surface area contributed by atoms with Gasteiger partial charge in [0.25, 0.3) is 0 Å². The van der Waals surface area contributed by atoms with Crippen LogP contribution in [0.1, 0.15) is 12.0 Å². The van der Waals surface area contributed by atoms with E-state index >= 15 is 0 Å². The number of H-pyrrole nitrogens is 1. The van der Waals surface area contributed by atoms with Crippen LogP contribution in [0.25, 0.3) is 49.9 Å². The third-order valence-electron chi connectivity index (χ3n) is 7.96. The van der Waals surface area contributed by atoms with Gasteiger partial charge in [-0.3, -0.25) is 0 Å². The van der Waals surface area contributed by atoms with Gasteiger partial charge in [0.15, 0.2) is 5.58 Å². The lowest BCUT2D eigenvalue weighted by atomic mass is 9.94. The predicted molar refractivity (Wildman–Crippen MR) is 169 cm³/mol. The predicted octanol–water partition coefficient (Wildman–Crippen LogP) is 9.68. The molecular formula is C37H27N3O. The van der Waals surface area contributed by atoms with E-state index in [0.717, 1.165) is 39.5 Å². The van der Waals surface area contributed by atoms with Crippen LogP contribution in [0.4, 0.5) is 11.4 Å². The number of para-hydroxylation sites is 2. The van der Waals surface area contributed by atoms with Crippen LogP contribution in [0.5, 0.6) is 0 Å². The molecule has 1 unspecified atom stereocenters. The van der Waals surface area contributed by atoms with Gasteiger partial charge in [-0.2, -0.15) is 0 Å². The number of aromatic amines is 1. The zero-order chi connectivity index (χ0) is 27.2. The first kappa shape index (κ1) is 23.5. The smallest absolute Gasteiger partial charge is 0.227 e. The van der Waals surface area contributed by atoms with Crippen molar-refractivity contribution in [1.82, 2.24) is 9.97 Å². The highest BCUT2D eigenvalue weighted by Crippen LogP contribution is 2.37. The molecule has 0 amide bonds. The lowest BCUT2D eigenvalue weighted by molar-refractivity contribution is 0.622. The number of fused-ring (bicyclic) bond motifs is 5. The second-order valence-corrected chi connectivity index (χ2v) is 10.5. The first-order valence-corrected chi connectivity index (χ1v) is 14.0. The van der Waals surface area contributed by atoms with E-state index < -0.39 is 0 Å². The lowest BCUT2D eigenvalue weighted by Gasteiger charge is -2.33. The van der Waals surface area contributed by atoms with Gasteiger partial charge in [-0.25, -0.2) is 4.98 Å². The largest absolute Gasteiger partial charge is 0.434 e. The zero-order valence-electron chi connectivity index (χ0n) is 22.4. The number of aromatic nitrogens is 2. The molecule has 1 aliphatic rings. The quantitative estimate of drug-likeness (QED) is 0.241. The second-order valence-electron chi connectivity index (χ2n) is 10.5. The number of nitrogens with one attached hydrogen (secondary N) is 1. The lowest BCUT2D eigenvalue weighted by Crippen LogP contribution is -2.30. The van der Waals surface area contributed by atoms with Crippen molar-refractivity contribution in [2.45, 2.75) is 12.5 Å². The molecule has 0 bridgehead atoms. The van der Waals surface area contributed by atoms with Gasteiger partial charge in [0.2, 0.25) is 5.89 Å². The van der Waals surface area contributed by atoms with Gasteiger partial charge >= 0.3 is 0 Å². The molecule has 2 aromatic heterocycles. The molecule has 5 aromatic carbocycles. The molecule has 1 atom stereocenters. The minimum atomic E-state index is 0.235. The maximum Gasteiger partial charge on any atom is 0.227 e. The van der Waals surface area contributed by atoms with Crippen LogP contribution >= 0.6 is 0 Å². The summed E-state index contributed by atoms with van der Waals surface area (Å²) in [4.78, 5) is 10.8. The molecule has 0 radical (unpaired) electrons. The number of rotatable bonds is 5. The Bertz CT molecular complexity index is 2030. The van der Waals surface area contributed by atoms with E-state index in [-0.39, 0.29) is 6.04 Å². The maximum absolute atomic E-state index is 6.28. The average Bonchev–Trinajstić information content (AvgIpc) is 3.65. The Morgan fingerprint density at radius 1 is 0.707 bits per heavy atom. The SMILES string of the molecule is C1=CC(N(c2ccccc2)c2ccccc2)CC=C1c1ccc2[nH]c3c(ccc4nc(-c5ccccc5)oc43)c2c1. The van der Waals surface area contributed by atoms with Crippen LogP contribution in [-0.4, -0.2) is 16.0 Å². The molecule has 7 aromatic rings. The number of hydrogen-bond donors (Lipinski definition) is 1. The van der Waals surface area contributed by atoms with Gasteiger partial charge < -0.3 is 14.3 Å². The molecule has 41 heavy (non-hydrogen) atoms. The highest BCUT2D eigenvalue weighted by Gasteiger charge is 2.21. The average molecular weight is 530 g/mol. The molecule has 1 N–H and O–H groups in total. The van der Waals surface area contributed by atoms with Crippen molar-refractivity contribution in [3.63, 3.8) is 0 Å². The fourth-order valence-corrected chi connectivity index (χ4v) is 5.96. The number of oxazole rings is 1. The third-order valence-corrected chi connectivity index (χ3v) is 7.96. The minimum absolute atomic E-state index is 0.235. The van der Waals surface area contributed by atoms with Crippen LogP contribution in [0.15, 0.2) is 144 Å². The van der Waals surface area contributed by atoms with Gasteiger partial charge in [0.05, 0.1) is 11.6 Å². The summed E-state index contributed by atoms with van der Waals surface area (Å²) in [5.41, 5.74) is 9.54. The van der Waals surface area contributed by atoms with Gasteiger partial charge in [0, 0.05) is 33.2 Å². The summed E-state index contributed by atoms with van der Waals surface area (Å²) in [6.45, 7) is 0. The van der Waals surface area contributed by atoms with Crippen molar-refractivity contribution < 1.29 is 4.42 Å². The molecule has 4 heteroatoms. The number of hydrogen-bond acceptors (Lipinski definition) is 3. The van der Waals surface area contributed by atoms with Crippen molar-refractivity contribution >= 4 is 49.9 Å². The fraction of sp³-hybridized carbons (Fsp3) is 0.0541. The van der Waals surface area contributed by atoms with E-state index in [1.54, 1.807) is 0 Å². The molecule has 0 fully saturated rings. The molecule has 196 valence electrons. The van der Waals surface area contributed by atoms with E-state index in [1.807, 2.05) is 30.3 Å². The molecule has 0 aliphatic heterocycles. The van der Waals surface area contributed by atoms with Crippen molar-refractivity contribution in [1.29, 1.82) is 0 Å². The summed E-state index contributed by atoms with van der Waals surface area (Å²) < 4.78 is 6.28. The zero-order valence-corrected chi connectivity index (χ0v) is 22.4. The summed E-state index contributed by atoms with van der Waals surface area (Å²) in [6, 6.07) is 42.4. The Morgan fingerprint density at radius 3 is 2.10 bits per heavy atom. The normalized spacial score (nSPS) is 15.0. The minimum Gasteiger partial charge on any atom is -0.434 e. The number of benzene rings is 5. The van der Waals surface area contributed by atoms with Crippen LogP contribution < -0.4 is 4.90 Å². The first-order chi connectivity index (χ1) is 20.3. The Balaban J connectivity index is 1.14. The van der Waals surface area contributed by atoms with Crippen LogP contribution in [0, 0.1) is 0 Å². The number of nitrogens with zero attached hydrogens (tertiary/aromatic N) is 2. The molecule has 0 saturated heterocycles. The Morgan fingerprint density at radius 2 is 1.41 bits per heavy atom. The Labute approximate surface area is 237 Å². The monoisotopic (exact) mass is 529 g/mol. The fourth-order valence-electron chi connectivity index (χ4n) is 5.96. The van der Waals surface area contributed by atoms with E-state index in [4.69, 9.17) is 9.40 Å². The van der Waals surface area contributed by atoms with Crippen molar-refractivity contribution in [3.8, 4) is 11.5 Å². The number of anilines is 2. The summed E-state index contributed by atoms with van der Waals surface area (Å²) >= 11 is 0. The summed E-state index contributed by atoms with van der Waals surface area (Å²) in [5.74, 6) is 0.638. The molecule has 0 saturated carbocycles. The highest BCUT2D eigenvalue weighted by atomic mass is 16.3. The summed E-state index contributed by atoms with van der Waals surface area (Å²) in [6.07, 6.45) is 7.88. The van der Waals surface area contributed by atoms with Crippen molar-refractivity contribution in [2.75, 3.05) is 4.90 Å². The standard InChI is InChI=1S/C37H27N3O/c1-4-10-26(11-5-1)37-39-34-23-21-31-32-24-27(18-22-33(32)38-35(31)36(34)41-37)25-16-19-30(20-17-25)40(28-12-6-2-7-13-28)29-14-8-3-9-15-29/h1-19,21-24,30,38H,20H2. The van der Waals surface area contributed by atoms with Crippen LogP contribution in [-0.2, 0) is 0 Å². The number of allylic oxidation sites excluding steroid dienone is 2. The van der Waals surface area contributed by atoms with Gasteiger partial charge in [-0.05, 0) is 78.2 Å². The van der Waals surface area contributed by atoms with Crippen molar-refractivity contribution in [2.24, 2.45) is 0 Å². The second kappa shape index (κ2) is 9.68. The Kier molecular flexibility index (Phi) is 5.56. The summed E-state index contributed by atoms with van der Waals surface area (Å²) in [5, 5.41) is 2.33. The Hall–Kier alpha value is -5.35. The van der Waals surface area contributed by atoms with Gasteiger partial charge in [-0.1, -0.05) is 78.9 Å². The van der Waals surface area contributed by atoms with Gasteiger partial charge in [-0.15, -0.1) is 0 Å². The van der Waals surface area contributed by atoms with E-state index in [1.165, 1.54) is 27.9 Å². The first-order valence-electron chi connectivity index (χ1n) is 14.0. The topological polar surface area (TPSA) is 45.1 Å². The molecular weight excluding hydrogens is 502 g/mol. The molecule has 1 aliphatic carbocycles. The highest BCUT2D eigenvalue weighted by molar-refractivity contribution is 6.15. The van der Waals surface area contributed by atoms with Gasteiger partial charge in [0.1, 0.15) is 5.52 Å².